The van der Waals surface area contributed by atoms with Crippen LogP contribution in [-0.2, 0) is 36.8 Å². The molecule has 3 rings (SSSR count). The molecule has 230 valence electrons. The average Bonchev–Trinajstić information content (AvgIpc) is 3.39. The van der Waals surface area contributed by atoms with E-state index in [-0.39, 0.29) is 32.1 Å². The number of hydrogen-bond donors (Lipinski definition) is 7. The summed E-state index contributed by atoms with van der Waals surface area (Å²) in [6.07, 6.45) is 3.74. The fourth-order valence-electron chi connectivity index (χ4n) is 4.56. The lowest BCUT2D eigenvalue weighted by molar-refractivity contribution is -0.142. The summed E-state index contributed by atoms with van der Waals surface area (Å²) >= 11 is 1.47. The number of H-pyrrole nitrogens is 1. The summed E-state index contributed by atoms with van der Waals surface area (Å²) in [4.78, 5) is 66.2. The van der Waals surface area contributed by atoms with Crippen LogP contribution in [0.3, 0.4) is 0 Å². The van der Waals surface area contributed by atoms with Gasteiger partial charge in [-0.1, -0.05) is 48.5 Å². The molecule has 0 bridgehead atoms. The van der Waals surface area contributed by atoms with Gasteiger partial charge in [-0.25, -0.2) is 4.79 Å². The van der Waals surface area contributed by atoms with Crippen LogP contribution in [0.25, 0.3) is 10.9 Å². The number of thioether (sulfide) groups is 1. The summed E-state index contributed by atoms with van der Waals surface area (Å²) in [6, 6.07) is 11.8. The summed E-state index contributed by atoms with van der Waals surface area (Å²) in [5.74, 6) is -3.43. The standard InChI is InChI=1S/C30H38N6O6S/c1-43-14-13-24(34-27(38)21(31)16-19-17-33-22-10-6-5-9-20(19)22)29(40)35-23(11-12-26(32)37)28(39)36-25(30(41)42)15-18-7-3-2-4-8-18/h2-10,17,21,23-25,33H,11-16,31H2,1H3,(H2,32,37)(H,34,38)(H,35,40)(H,36,39)(H,41,42). The Morgan fingerprint density at radius 3 is 2.09 bits per heavy atom. The van der Waals surface area contributed by atoms with Gasteiger partial charge in [0.2, 0.25) is 23.6 Å². The molecule has 9 N–H and O–H groups in total. The van der Waals surface area contributed by atoms with Gasteiger partial charge in [0.1, 0.15) is 18.1 Å². The number of aliphatic carboxylic acids is 1. The van der Waals surface area contributed by atoms with Crippen molar-refractivity contribution in [1.29, 1.82) is 0 Å². The van der Waals surface area contributed by atoms with Gasteiger partial charge in [0.15, 0.2) is 0 Å². The Balaban J connectivity index is 1.70. The number of nitrogens with one attached hydrogen (secondary N) is 4. The Morgan fingerprint density at radius 2 is 1.44 bits per heavy atom. The van der Waals surface area contributed by atoms with E-state index in [9.17, 15) is 29.1 Å². The first kappa shape index (κ1) is 33.1. The summed E-state index contributed by atoms with van der Waals surface area (Å²) in [6.45, 7) is 0. The number of fused-ring (bicyclic) bond motifs is 1. The maximum absolute atomic E-state index is 13.4. The van der Waals surface area contributed by atoms with Crippen LogP contribution in [0, 0.1) is 0 Å². The minimum Gasteiger partial charge on any atom is -0.480 e. The van der Waals surface area contributed by atoms with Gasteiger partial charge < -0.3 is 37.5 Å². The second-order valence-electron chi connectivity index (χ2n) is 10.2. The second kappa shape index (κ2) is 16.3. The van der Waals surface area contributed by atoms with Gasteiger partial charge in [-0.05, 0) is 48.5 Å². The number of nitrogens with two attached hydrogens (primary N) is 2. The number of carbonyl (C=O) groups is 5. The highest BCUT2D eigenvalue weighted by Gasteiger charge is 2.30. The number of benzene rings is 2. The molecule has 3 aromatic rings. The Labute approximate surface area is 253 Å². The fourth-order valence-corrected chi connectivity index (χ4v) is 5.03. The number of amides is 4. The minimum absolute atomic E-state index is 0.0130. The van der Waals surface area contributed by atoms with Crippen molar-refractivity contribution < 1.29 is 29.1 Å². The monoisotopic (exact) mass is 610 g/mol. The second-order valence-corrected chi connectivity index (χ2v) is 11.2. The zero-order valence-electron chi connectivity index (χ0n) is 23.9. The summed E-state index contributed by atoms with van der Waals surface area (Å²) in [5, 5.41) is 18.4. The lowest BCUT2D eigenvalue weighted by Gasteiger charge is -2.25. The highest BCUT2D eigenvalue weighted by Crippen LogP contribution is 2.19. The molecule has 0 saturated carbocycles. The van der Waals surface area contributed by atoms with Crippen molar-refractivity contribution in [2.45, 2.75) is 56.3 Å². The third-order valence-electron chi connectivity index (χ3n) is 6.90. The number of aromatic amines is 1. The van der Waals surface area contributed by atoms with Crippen LogP contribution in [0.2, 0.25) is 0 Å². The van der Waals surface area contributed by atoms with Gasteiger partial charge in [-0.2, -0.15) is 11.8 Å². The number of carboxylic acid groups (broad SMARTS) is 1. The zero-order chi connectivity index (χ0) is 31.4. The molecule has 4 atom stereocenters. The number of para-hydroxylation sites is 1. The topological polar surface area (TPSA) is 209 Å². The van der Waals surface area contributed by atoms with Gasteiger partial charge in [0.05, 0.1) is 6.04 Å². The number of rotatable bonds is 17. The highest BCUT2D eigenvalue weighted by molar-refractivity contribution is 7.98. The molecule has 4 amide bonds. The van der Waals surface area contributed by atoms with Gasteiger partial charge in [0, 0.05) is 29.9 Å². The van der Waals surface area contributed by atoms with Crippen LogP contribution >= 0.6 is 11.8 Å². The van der Waals surface area contributed by atoms with Crippen LogP contribution in [0.15, 0.2) is 60.8 Å². The number of aromatic nitrogens is 1. The molecule has 12 nitrogen and oxygen atoms in total. The van der Waals surface area contributed by atoms with E-state index in [1.165, 1.54) is 11.8 Å². The minimum atomic E-state index is -1.28. The molecule has 0 saturated heterocycles. The highest BCUT2D eigenvalue weighted by atomic mass is 32.2. The van der Waals surface area contributed by atoms with Crippen LogP contribution in [0.5, 0.6) is 0 Å². The molecule has 0 radical (unpaired) electrons. The van der Waals surface area contributed by atoms with Crippen molar-refractivity contribution in [1.82, 2.24) is 20.9 Å². The van der Waals surface area contributed by atoms with Gasteiger partial charge in [-0.3, -0.25) is 19.2 Å². The summed E-state index contributed by atoms with van der Waals surface area (Å²) < 4.78 is 0. The molecule has 1 heterocycles. The molecule has 0 aliphatic heterocycles. The Kier molecular flexibility index (Phi) is 12.6. The van der Waals surface area contributed by atoms with E-state index in [4.69, 9.17) is 11.5 Å². The Bertz CT molecular complexity index is 1410. The number of carboxylic acids is 1. The van der Waals surface area contributed by atoms with Crippen LogP contribution < -0.4 is 27.4 Å². The van der Waals surface area contributed by atoms with Crippen LogP contribution in [-0.4, -0.2) is 75.9 Å². The normalized spacial score (nSPS) is 13.8. The van der Waals surface area contributed by atoms with E-state index in [0.717, 1.165) is 16.5 Å². The third-order valence-corrected chi connectivity index (χ3v) is 7.55. The molecule has 0 fully saturated rings. The average molecular weight is 611 g/mol. The van der Waals surface area contributed by atoms with E-state index >= 15 is 0 Å². The van der Waals surface area contributed by atoms with E-state index in [1.54, 1.807) is 36.5 Å². The smallest absolute Gasteiger partial charge is 0.326 e. The quantitative estimate of drug-likeness (QED) is 0.116. The number of hydrogen-bond acceptors (Lipinski definition) is 7. The van der Waals surface area contributed by atoms with Crippen LogP contribution in [0.4, 0.5) is 0 Å². The number of carbonyl (C=O) groups excluding carboxylic acids is 4. The summed E-state index contributed by atoms with van der Waals surface area (Å²) in [7, 11) is 0. The Morgan fingerprint density at radius 1 is 0.837 bits per heavy atom. The van der Waals surface area contributed by atoms with E-state index in [0.29, 0.717) is 11.3 Å². The largest absolute Gasteiger partial charge is 0.480 e. The van der Waals surface area contributed by atoms with Crippen molar-refractivity contribution in [2.24, 2.45) is 11.5 Å². The molecule has 2 aromatic carbocycles. The van der Waals surface area contributed by atoms with Crippen molar-refractivity contribution in [3.8, 4) is 0 Å². The SMILES string of the molecule is CSCCC(NC(=O)C(N)Cc1c[nH]c2ccccc12)C(=O)NC(CCC(N)=O)C(=O)NC(Cc1ccccc1)C(=O)O. The first-order valence-electron chi connectivity index (χ1n) is 13.8. The molecule has 0 aliphatic rings. The molecule has 4 unspecified atom stereocenters. The lowest BCUT2D eigenvalue weighted by Crippen LogP contribution is -2.57. The van der Waals surface area contributed by atoms with Gasteiger partial charge in [0.25, 0.3) is 0 Å². The third kappa shape index (κ3) is 10.1. The van der Waals surface area contributed by atoms with E-state index in [1.807, 2.05) is 30.5 Å². The molecule has 0 aliphatic carbocycles. The van der Waals surface area contributed by atoms with Gasteiger partial charge >= 0.3 is 5.97 Å². The maximum Gasteiger partial charge on any atom is 0.326 e. The number of primary amides is 1. The van der Waals surface area contributed by atoms with E-state index < -0.39 is 53.8 Å². The first-order valence-corrected chi connectivity index (χ1v) is 15.2. The molecular formula is C30H38N6O6S. The molecule has 43 heavy (non-hydrogen) atoms. The van der Waals surface area contributed by atoms with Crippen LogP contribution in [0.1, 0.15) is 30.4 Å². The lowest BCUT2D eigenvalue weighted by atomic mass is 10.0. The van der Waals surface area contributed by atoms with Crippen molar-refractivity contribution in [2.75, 3.05) is 12.0 Å². The first-order chi connectivity index (χ1) is 20.6. The zero-order valence-corrected chi connectivity index (χ0v) is 24.7. The molecular weight excluding hydrogens is 572 g/mol. The fraction of sp³-hybridized carbons (Fsp3) is 0.367. The van der Waals surface area contributed by atoms with Crippen molar-refractivity contribution >= 4 is 52.3 Å². The molecule has 1 aromatic heterocycles. The summed E-state index contributed by atoms with van der Waals surface area (Å²) in [5.41, 5.74) is 14.0. The van der Waals surface area contributed by atoms with Crippen molar-refractivity contribution in [3.05, 3.63) is 71.9 Å². The van der Waals surface area contributed by atoms with Gasteiger partial charge in [-0.15, -0.1) is 0 Å². The molecule has 13 heteroatoms. The maximum atomic E-state index is 13.4. The predicted molar refractivity (Wildman–Crippen MR) is 165 cm³/mol. The predicted octanol–water partition coefficient (Wildman–Crippen LogP) is 0.838. The molecule has 0 spiro atoms. The van der Waals surface area contributed by atoms with Crippen molar-refractivity contribution in [3.63, 3.8) is 0 Å². The Hall–Kier alpha value is -4.36. The van der Waals surface area contributed by atoms with E-state index in [2.05, 4.69) is 20.9 Å².